The summed E-state index contributed by atoms with van der Waals surface area (Å²) < 4.78 is 10.9. The van der Waals surface area contributed by atoms with E-state index >= 15 is 0 Å². The molecule has 1 aliphatic rings. The second-order valence-electron chi connectivity index (χ2n) is 10.6. The molecule has 1 aliphatic heterocycles. The predicted molar refractivity (Wildman–Crippen MR) is 138 cm³/mol. The summed E-state index contributed by atoms with van der Waals surface area (Å²) in [5.74, 6) is 2.36. The molecule has 35 heavy (non-hydrogen) atoms. The Balaban J connectivity index is 1.33. The molecular weight excluding hydrogens is 438 g/mol. The van der Waals surface area contributed by atoms with Gasteiger partial charge in [0.2, 0.25) is 5.91 Å². The minimum Gasteiger partial charge on any atom is -0.497 e. The number of amides is 1. The van der Waals surface area contributed by atoms with Gasteiger partial charge in [-0.15, -0.1) is 0 Å². The molecule has 0 saturated carbocycles. The molecule has 0 radical (unpaired) electrons. The van der Waals surface area contributed by atoms with E-state index in [2.05, 4.69) is 60.8 Å². The lowest BCUT2D eigenvalue weighted by Crippen LogP contribution is -2.40. The van der Waals surface area contributed by atoms with Crippen molar-refractivity contribution in [3.05, 3.63) is 71.4 Å². The van der Waals surface area contributed by atoms with E-state index in [1.165, 1.54) is 5.56 Å². The first-order valence-electron chi connectivity index (χ1n) is 12.5. The molecule has 186 valence electrons. The van der Waals surface area contributed by atoms with Gasteiger partial charge in [-0.1, -0.05) is 62.3 Å². The fourth-order valence-corrected chi connectivity index (χ4v) is 4.69. The zero-order valence-electron chi connectivity index (χ0n) is 21.3. The largest absolute Gasteiger partial charge is 0.497 e. The van der Waals surface area contributed by atoms with Crippen LogP contribution in [-0.2, 0) is 23.2 Å². The number of nitrogens with zero attached hydrogens (tertiary/aromatic N) is 1. The molecule has 0 bridgehead atoms. The van der Waals surface area contributed by atoms with Crippen molar-refractivity contribution in [2.45, 2.75) is 52.0 Å². The van der Waals surface area contributed by atoms with Crippen LogP contribution < -0.4 is 15.4 Å². The van der Waals surface area contributed by atoms with E-state index in [0.29, 0.717) is 24.8 Å². The first-order valence-corrected chi connectivity index (χ1v) is 12.5. The van der Waals surface area contributed by atoms with Crippen LogP contribution in [0.2, 0.25) is 0 Å². The van der Waals surface area contributed by atoms with E-state index in [9.17, 15) is 4.79 Å². The van der Waals surface area contributed by atoms with Crippen molar-refractivity contribution in [3.63, 3.8) is 0 Å². The normalized spacial score (nSPS) is 18.3. The first kappa shape index (κ1) is 25.0. The van der Waals surface area contributed by atoms with Gasteiger partial charge >= 0.3 is 0 Å². The summed E-state index contributed by atoms with van der Waals surface area (Å²) in [6.45, 7) is 8.99. The van der Waals surface area contributed by atoms with Crippen molar-refractivity contribution < 1.29 is 14.1 Å². The van der Waals surface area contributed by atoms with Gasteiger partial charge in [0, 0.05) is 24.6 Å². The topological polar surface area (TPSA) is 76.4 Å². The minimum atomic E-state index is 0.0949. The summed E-state index contributed by atoms with van der Waals surface area (Å²) in [6, 6.07) is 18.3. The summed E-state index contributed by atoms with van der Waals surface area (Å²) >= 11 is 0. The molecule has 1 fully saturated rings. The van der Waals surface area contributed by atoms with E-state index < -0.39 is 0 Å². The number of aromatic nitrogens is 1. The molecule has 0 aliphatic carbocycles. The molecule has 4 rings (SSSR count). The molecule has 2 N–H and O–H groups in total. The molecule has 1 saturated heterocycles. The van der Waals surface area contributed by atoms with Gasteiger partial charge in [-0.3, -0.25) is 4.79 Å². The molecule has 0 spiro atoms. The van der Waals surface area contributed by atoms with Gasteiger partial charge in [0.05, 0.1) is 12.8 Å². The number of carbonyl (C=O) groups is 1. The van der Waals surface area contributed by atoms with Crippen molar-refractivity contribution in [2.75, 3.05) is 20.2 Å². The number of hydrogen-bond acceptors (Lipinski definition) is 5. The third-order valence-electron chi connectivity index (χ3n) is 6.93. The highest BCUT2D eigenvalue weighted by Crippen LogP contribution is 2.29. The molecule has 6 nitrogen and oxygen atoms in total. The van der Waals surface area contributed by atoms with Crippen LogP contribution in [0.5, 0.6) is 5.75 Å². The van der Waals surface area contributed by atoms with E-state index in [0.717, 1.165) is 54.3 Å². The molecule has 3 aromatic rings. The zero-order chi connectivity index (χ0) is 24.8. The van der Waals surface area contributed by atoms with Crippen molar-refractivity contribution in [1.29, 1.82) is 0 Å². The van der Waals surface area contributed by atoms with Crippen LogP contribution in [-0.4, -0.2) is 31.3 Å². The number of piperidine rings is 1. The van der Waals surface area contributed by atoms with Crippen molar-refractivity contribution in [1.82, 2.24) is 15.8 Å². The maximum atomic E-state index is 12.7. The number of hydrogen-bond donors (Lipinski definition) is 2. The fourth-order valence-electron chi connectivity index (χ4n) is 4.69. The number of ether oxygens (including phenoxy) is 1. The second kappa shape index (κ2) is 11.1. The number of nitrogens with one attached hydrogen (secondary N) is 2. The average molecular weight is 476 g/mol. The highest BCUT2D eigenvalue weighted by Gasteiger charge is 2.28. The maximum Gasteiger partial charge on any atom is 0.220 e. The van der Waals surface area contributed by atoms with Crippen molar-refractivity contribution in [2.24, 2.45) is 11.8 Å². The summed E-state index contributed by atoms with van der Waals surface area (Å²) in [6.07, 6.45) is 2.31. The molecular formula is C29H37N3O3. The van der Waals surface area contributed by atoms with Gasteiger partial charge in [0.25, 0.3) is 0 Å². The quantitative estimate of drug-likeness (QED) is 0.473. The predicted octanol–water partition coefficient (Wildman–Crippen LogP) is 5.12. The molecule has 2 heterocycles. The smallest absolute Gasteiger partial charge is 0.220 e. The van der Waals surface area contributed by atoms with Crippen LogP contribution in [0, 0.1) is 11.8 Å². The van der Waals surface area contributed by atoms with Crippen LogP contribution in [0.4, 0.5) is 0 Å². The van der Waals surface area contributed by atoms with Gasteiger partial charge in [0.1, 0.15) is 5.75 Å². The first-order chi connectivity index (χ1) is 16.8. The number of methoxy groups -OCH3 is 1. The number of rotatable bonds is 8. The summed E-state index contributed by atoms with van der Waals surface area (Å²) in [7, 11) is 1.65. The van der Waals surface area contributed by atoms with E-state index in [-0.39, 0.29) is 11.3 Å². The molecule has 1 amide bonds. The Kier molecular flexibility index (Phi) is 7.91. The Labute approximate surface area is 208 Å². The minimum absolute atomic E-state index is 0.0949. The van der Waals surface area contributed by atoms with Crippen molar-refractivity contribution >= 4 is 5.91 Å². The van der Waals surface area contributed by atoms with Gasteiger partial charge in [0.15, 0.2) is 5.76 Å². The van der Waals surface area contributed by atoms with Crippen molar-refractivity contribution in [3.8, 4) is 17.1 Å². The van der Waals surface area contributed by atoms with Crippen LogP contribution in [0.1, 0.15) is 50.4 Å². The average Bonchev–Trinajstić information content (AvgIpc) is 3.32. The van der Waals surface area contributed by atoms with E-state index in [4.69, 9.17) is 9.26 Å². The highest BCUT2D eigenvalue weighted by atomic mass is 16.5. The third kappa shape index (κ3) is 6.73. The Hall–Kier alpha value is -3.12. The van der Waals surface area contributed by atoms with Gasteiger partial charge in [-0.2, -0.15) is 0 Å². The van der Waals surface area contributed by atoms with E-state index in [1.807, 2.05) is 30.3 Å². The lowest BCUT2D eigenvalue weighted by molar-refractivity contribution is -0.122. The standard InChI is InChI=1S/C29H37N3O3/c1-29(2,3)24-9-7-21(8-10-24)27-17-25(32-35-27)15-23-19-30-14-13-22(23)16-28(33)31-18-20-5-11-26(34-4)12-6-20/h5-12,17,22-23,30H,13-16,18-19H2,1-4H3,(H,31,33)/t22-,23-/m0/s1. The molecule has 1 aromatic heterocycles. The van der Waals surface area contributed by atoms with Crippen LogP contribution in [0.3, 0.4) is 0 Å². The monoisotopic (exact) mass is 475 g/mol. The Bertz CT molecular complexity index is 1100. The zero-order valence-corrected chi connectivity index (χ0v) is 21.3. The Morgan fingerprint density at radius 3 is 2.54 bits per heavy atom. The second-order valence-corrected chi connectivity index (χ2v) is 10.6. The SMILES string of the molecule is COc1ccc(CNC(=O)C[C@@H]2CCNC[C@@H]2Cc2cc(-c3ccc(C(C)(C)C)cc3)on2)cc1. The fraction of sp³-hybridized carbons (Fsp3) is 0.448. The van der Waals surface area contributed by atoms with Gasteiger partial charge < -0.3 is 19.9 Å². The van der Waals surface area contributed by atoms with Crippen LogP contribution >= 0.6 is 0 Å². The highest BCUT2D eigenvalue weighted by molar-refractivity contribution is 5.76. The summed E-state index contributed by atoms with van der Waals surface area (Å²) in [4.78, 5) is 12.7. The van der Waals surface area contributed by atoms with E-state index in [1.54, 1.807) is 7.11 Å². The Morgan fingerprint density at radius 2 is 1.86 bits per heavy atom. The summed E-state index contributed by atoms with van der Waals surface area (Å²) in [5, 5.41) is 10.9. The Morgan fingerprint density at radius 1 is 1.11 bits per heavy atom. The maximum absolute atomic E-state index is 12.7. The van der Waals surface area contributed by atoms with Gasteiger partial charge in [-0.05, 0) is 66.4 Å². The molecule has 6 heteroatoms. The lowest BCUT2D eigenvalue weighted by atomic mass is 9.81. The lowest BCUT2D eigenvalue weighted by Gasteiger charge is -2.31. The number of carbonyl (C=O) groups excluding carboxylic acids is 1. The molecule has 2 aromatic carbocycles. The third-order valence-corrected chi connectivity index (χ3v) is 6.93. The number of benzene rings is 2. The molecule has 2 atom stereocenters. The van der Waals surface area contributed by atoms with Crippen LogP contribution in [0.15, 0.2) is 59.1 Å². The van der Waals surface area contributed by atoms with Crippen LogP contribution in [0.25, 0.3) is 11.3 Å². The van der Waals surface area contributed by atoms with Gasteiger partial charge in [-0.25, -0.2) is 0 Å². The molecule has 0 unspecified atom stereocenters. The summed E-state index contributed by atoms with van der Waals surface area (Å²) in [5.41, 5.74) is 4.45.